The van der Waals surface area contributed by atoms with Crippen molar-refractivity contribution < 1.29 is 9.90 Å². The lowest BCUT2D eigenvalue weighted by atomic mass is 10.1. The number of carboxylic acid groups (broad SMARTS) is 1. The minimum atomic E-state index is -0.664. The number of rotatable bonds is 15. The van der Waals surface area contributed by atoms with Crippen molar-refractivity contribution in [2.24, 2.45) is 0 Å². The summed E-state index contributed by atoms with van der Waals surface area (Å²) in [6.45, 7) is 20.3. The van der Waals surface area contributed by atoms with E-state index in [-0.39, 0.29) is 0 Å². The molecule has 0 saturated carbocycles. The first-order valence-corrected chi connectivity index (χ1v) is 10.1. The SMILES string of the molecule is C=C.C=C.C=C.CCCCCCCCC=CCCCCCCCC(=O)O. The zero-order valence-electron chi connectivity index (χ0n) is 17.7. The van der Waals surface area contributed by atoms with Crippen LogP contribution in [-0.4, -0.2) is 11.1 Å². The molecule has 0 saturated heterocycles. The molecule has 2 nitrogen and oxygen atoms in total. The van der Waals surface area contributed by atoms with E-state index >= 15 is 0 Å². The summed E-state index contributed by atoms with van der Waals surface area (Å²) in [5.74, 6) is -0.664. The van der Waals surface area contributed by atoms with E-state index < -0.39 is 5.97 Å². The zero-order chi connectivity index (χ0) is 20.9. The molecule has 0 unspecified atom stereocenters. The third-order valence-corrected chi connectivity index (χ3v) is 3.65. The number of carboxylic acids is 1. The molecule has 154 valence electrons. The van der Waals surface area contributed by atoms with Crippen LogP contribution in [0.4, 0.5) is 0 Å². The smallest absolute Gasteiger partial charge is 0.303 e. The Morgan fingerprint density at radius 3 is 1.38 bits per heavy atom. The molecule has 26 heavy (non-hydrogen) atoms. The van der Waals surface area contributed by atoms with E-state index in [0.29, 0.717) is 6.42 Å². The van der Waals surface area contributed by atoms with Crippen molar-refractivity contribution in [3.8, 4) is 0 Å². The third-order valence-electron chi connectivity index (χ3n) is 3.65. The fraction of sp³-hybridized carbons (Fsp3) is 0.625. The van der Waals surface area contributed by atoms with E-state index in [4.69, 9.17) is 5.11 Å². The molecule has 0 aromatic carbocycles. The molecule has 0 amide bonds. The summed E-state index contributed by atoms with van der Waals surface area (Å²) in [6, 6.07) is 0. The summed E-state index contributed by atoms with van der Waals surface area (Å²) in [5.41, 5.74) is 0. The van der Waals surface area contributed by atoms with Crippen molar-refractivity contribution in [2.45, 2.75) is 96.8 Å². The van der Waals surface area contributed by atoms with Gasteiger partial charge in [0.05, 0.1) is 0 Å². The lowest BCUT2D eigenvalue weighted by Crippen LogP contribution is -1.93. The number of hydrogen-bond donors (Lipinski definition) is 1. The maximum absolute atomic E-state index is 10.3. The second kappa shape index (κ2) is 38.8. The van der Waals surface area contributed by atoms with Gasteiger partial charge in [0.25, 0.3) is 0 Å². The first kappa shape index (κ1) is 32.1. The van der Waals surface area contributed by atoms with Gasteiger partial charge in [-0.2, -0.15) is 0 Å². The zero-order valence-corrected chi connectivity index (χ0v) is 17.7. The molecule has 0 aromatic rings. The number of unbranched alkanes of at least 4 members (excludes halogenated alkanes) is 11. The molecule has 0 aromatic heterocycles. The first-order valence-electron chi connectivity index (χ1n) is 10.1. The van der Waals surface area contributed by atoms with Crippen LogP contribution in [0.15, 0.2) is 51.6 Å². The molecule has 0 atom stereocenters. The van der Waals surface area contributed by atoms with Crippen molar-refractivity contribution in [3.63, 3.8) is 0 Å². The minimum absolute atomic E-state index is 0.332. The van der Waals surface area contributed by atoms with Crippen molar-refractivity contribution in [2.75, 3.05) is 0 Å². The van der Waals surface area contributed by atoms with Crippen molar-refractivity contribution >= 4 is 5.97 Å². The van der Waals surface area contributed by atoms with Gasteiger partial charge in [0.15, 0.2) is 0 Å². The Hall–Kier alpha value is -1.57. The second-order valence-electron chi connectivity index (χ2n) is 5.73. The Morgan fingerprint density at radius 2 is 1.00 bits per heavy atom. The quantitative estimate of drug-likeness (QED) is 0.233. The van der Waals surface area contributed by atoms with Crippen LogP contribution in [0.2, 0.25) is 0 Å². The van der Waals surface area contributed by atoms with Gasteiger partial charge in [-0.25, -0.2) is 0 Å². The summed E-state index contributed by atoms with van der Waals surface area (Å²) >= 11 is 0. The van der Waals surface area contributed by atoms with Gasteiger partial charge in [0, 0.05) is 6.42 Å². The summed E-state index contributed by atoms with van der Waals surface area (Å²) in [5, 5.41) is 8.51. The highest BCUT2D eigenvalue weighted by molar-refractivity contribution is 5.66. The second-order valence-corrected chi connectivity index (χ2v) is 5.73. The van der Waals surface area contributed by atoms with Gasteiger partial charge >= 0.3 is 5.97 Å². The van der Waals surface area contributed by atoms with E-state index in [9.17, 15) is 4.79 Å². The third kappa shape index (κ3) is 43.3. The van der Waals surface area contributed by atoms with E-state index in [0.717, 1.165) is 12.8 Å². The van der Waals surface area contributed by atoms with Crippen molar-refractivity contribution in [3.05, 3.63) is 51.6 Å². The van der Waals surface area contributed by atoms with Gasteiger partial charge in [-0.15, -0.1) is 39.5 Å². The average molecular weight is 367 g/mol. The molecule has 1 N–H and O–H groups in total. The molecule has 0 bridgehead atoms. The molecule has 0 spiro atoms. The molecule has 0 heterocycles. The lowest BCUT2D eigenvalue weighted by Gasteiger charge is -1.99. The Bertz CT molecular complexity index is 267. The number of hydrogen-bond acceptors (Lipinski definition) is 1. The molecule has 0 aliphatic carbocycles. The lowest BCUT2D eigenvalue weighted by molar-refractivity contribution is -0.137. The van der Waals surface area contributed by atoms with Gasteiger partial charge in [-0.05, 0) is 32.1 Å². The summed E-state index contributed by atoms with van der Waals surface area (Å²) in [4.78, 5) is 10.3. The Labute approximate surface area is 164 Å². The van der Waals surface area contributed by atoms with Crippen LogP contribution in [-0.2, 0) is 4.79 Å². The minimum Gasteiger partial charge on any atom is -0.481 e. The van der Waals surface area contributed by atoms with E-state index in [2.05, 4.69) is 58.5 Å². The molecule has 0 fully saturated rings. The van der Waals surface area contributed by atoms with E-state index in [1.807, 2.05) is 0 Å². The van der Waals surface area contributed by atoms with Crippen LogP contribution in [0.3, 0.4) is 0 Å². The first-order chi connectivity index (χ1) is 12.8. The van der Waals surface area contributed by atoms with Gasteiger partial charge in [-0.3, -0.25) is 4.79 Å². The maximum Gasteiger partial charge on any atom is 0.303 e. The van der Waals surface area contributed by atoms with Crippen molar-refractivity contribution in [1.29, 1.82) is 0 Å². The van der Waals surface area contributed by atoms with Crippen LogP contribution in [0, 0.1) is 0 Å². The molecular weight excluding hydrogens is 320 g/mol. The number of allylic oxidation sites excluding steroid dienone is 2. The molecule has 0 aliphatic rings. The highest BCUT2D eigenvalue weighted by Gasteiger charge is 1.95. The van der Waals surface area contributed by atoms with E-state index in [1.54, 1.807) is 0 Å². The number of carbonyl (C=O) groups is 1. The standard InChI is InChI=1S/C18H34O2.3C2H4/c1-2-3-4-5-6-7-8-9-10-11-12-13-14-15-16-17-18(19)20;3*1-2/h9-10H,2-8,11-17H2,1H3,(H,19,20);3*1-2H2. The fourth-order valence-corrected chi connectivity index (χ4v) is 2.35. The molecule has 0 aliphatic heterocycles. The fourth-order valence-electron chi connectivity index (χ4n) is 2.35. The van der Waals surface area contributed by atoms with Crippen LogP contribution in [0.5, 0.6) is 0 Å². The molecule has 0 rings (SSSR count). The summed E-state index contributed by atoms with van der Waals surface area (Å²) in [7, 11) is 0. The Balaban J connectivity index is -0.000000362. The van der Waals surface area contributed by atoms with Gasteiger partial charge in [-0.1, -0.05) is 70.4 Å². The topological polar surface area (TPSA) is 37.3 Å². The summed E-state index contributed by atoms with van der Waals surface area (Å²) in [6.07, 6.45) is 21.2. The molecule has 0 radical (unpaired) electrons. The van der Waals surface area contributed by atoms with Crippen LogP contribution in [0.25, 0.3) is 0 Å². The number of aliphatic carboxylic acids is 1. The highest BCUT2D eigenvalue weighted by Crippen LogP contribution is 2.09. The highest BCUT2D eigenvalue weighted by atomic mass is 16.4. The molecular formula is C24H46O2. The average Bonchev–Trinajstić information content (AvgIpc) is 2.69. The van der Waals surface area contributed by atoms with Gasteiger partial charge < -0.3 is 5.11 Å². The maximum atomic E-state index is 10.3. The predicted molar refractivity (Wildman–Crippen MR) is 121 cm³/mol. The normalized spacial score (nSPS) is 9.12. The monoisotopic (exact) mass is 366 g/mol. The Morgan fingerprint density at radius 1 is 0.654 bits per heavy atom. The summed E-state index contributed by atoms with van der Waals surface area (Å²) < 4.78 is 0. The van der Waals surface area contributed by atoms with Crippen LogP contribution < -0.4 is 0 Å². The van der Waals surface area contributed by atoms with Gasteiger partial charge in [0.2, 0.25) is 0 Å². The largest absolute Gasteiger partial charge is 0.481 e. The predicted octanol–water partition coefficient (Wildman–Crippen LogP) is 8.52. The van der Waals surface area contributed by atoms with E-state index in [1.165, 1.54) is 70.6 Å². The molecule has 2 heteroatoms. The van der Waals surface area contributed by atoms with Crippen LogP contribution in [0.1, 0.15) is 96.8 Å². The van der Waals surface area contributed by atoms with Crippen molar-refractivity contribution in [1.82, 2.24) is 0 Å². The van der Waals surface area contributed by atoms with Crippen LogP contribution >= 0.6 is 0 Å². The van der Waals surface area contributed by atoms with Gasteiger partial charge in [0.1, 0.15) is 0 Å². The Kier molecular flexibility index (Phi) is 48.0.